The first-order valence-corrected chi connectivity index (χ1v) is 7.85. The van der Waals surface area contributed by atoms with Gasteiger partial charge in [0.25, 0.3) is 5.89 Å². The maximum absolute atomic E-state index is 12.3. The summed E-state index contributed by atoms with van der Waals surface area (Å²) in [6.07, 6.45) is -0.649. The summed E-state index contributed by atoms with van der Waals surface area (Å²) in [5.41, 5.74) is 2.16. The highest BCUT2D eigenvalue weighted by Crippen LogP contribution is 2.23. The lowest BCUT2D eigenvalue weighted by atomic mass is 10.1. The van der Waals surface area contributed by atoms with Crippen LogP contribution in [0.4, 0.5) is 0 Å². The predicted molar refractivity (Wildman–Crippen MR) is 90.7 cm³/mol. The minimum Gasteiger partial charge on any atom is -0.449 e. The van der Waals surface area contributed by atoms with E-state index < -0.39 is 12.1 Å². The molecule has 0 saturated carbocycles. The number of hydrogen-bond donors (Lipinski definition) is 0. The first-order chi connectivity index (χ1) is 12.2. The molecule has 128 valence electrons. The zero-order chi connectivity index (χ0) is 17.6. The second kappa shape index (κ2) is 7.72. The van der Waals surface area contributed by atoms with Crippen molar-refractivity contribution in [2.45, 2.75) is 19.6 Å². The van der Waals surface area contributed by atoms with Gasteiger partial charge >= 0.3 is 5.97 Å². The maximum atomic E-state index is 12.3. The molecule has 25 heavy (non-hydrogen) atoms. The van der Waals surface area contributed by atoms with Gasteiger partial charge in [0, 0.05) is 12.7 Å². The van der Waals surface area contributed by atoms with Crippen LogP contribution in [-0.4, -0.2) is 23.3 Å². The van der Waals surface area contributed by atoms with E-state index in [1.165, 1.54) is 0 Å². The van der Waals surface area contributed by atoms with Gasteiger partial charge in [0.2, 0.25) is 5.89 Å². The fourth-order valence-corrected chi connectivity index (χ4v) is 2.33. The van der Waals surface area contributed by atoms with E-state index in [2.05, 4.69) is 10.2 Å². The van der Waals surface area contributed by atoms with E-state index in [9.17, 15) is 4.79 Å². The highest BCUT2D eigenvalue weighted by atomic mass is 16.6. The first-order valence-electron chi connectivity index (χ1n) is 7.85. The second-order valence-corrected chi connectivity index (χ2v) is 5.49. The Bertz CT molecular complexity index is 845. The first kappa shape index (κ1) is 16.9. The molecule has 1 atom stereocenters. The highest BCUT2D eigenvalue weighted by Gasteiger charge is 2.20. The third kappa shape index (κ3) is 4.10. The van der Waals surface area contributed by atoms with Crippen LogP contribution in [-0.2, 0) is 16.1 Å². The lowest BCUT2D eigenvalue weighted by Crippen LogP contribution is -2.10. The number of aromatic nitrogens is 2. The molecule has 0 aliphatic heterocycles. The van der Waals surface area contributed by atoms with Crippen molar-refractivity contribution < 1.29 is 18.7 Å². The second-order valence-electron chi connectivity index (χ2n) is 5.49. The normalized spacial score (nSPS) is 11.9. The summed E-state index contributed by atoms with van der Waals surface area (Å²) in [6.45, 7) is 2.12. The molecule has 0 aliphatic rings. The van der Waals surface area contributed by atoms with Crippen LogP contribution in [0.5, 0.6) is 0 Å². The van der Waals surface area contributed by atoms with Crippen LogP contribution >= 0.6 is 0 Å². The average Bonchev–Trinajstić information content (AvgIpc) is 3.13. The van der Waals surface area contributed by atoms with Crippen molar-refractivity contribution in [1.29, 1.82) is 0 Å². The van der Waals surface area contributed by atoms with Crippen molar-refractivity contribution >= 4 is 5.97 Å². The number of ether oxygens (including phenoxy) is 2. The van der Waals surface area contributed by atoms with Crippen molar-refractivity contribution in [3.8, 4) is 11.5 Å². The quantitative estimate of drug-likeness (QED) is 0.636. The zero-order valence-corrected chi connectivity index (χ0v) is 14.0. The monoisotopic (exact) mass is 338 g/mol. The number of esters is 1. The van der Waals surface area contributed by atoms with E-state index in [-0.39, 0.29) is 5.89 Å². The lowest BCUT2D eigenvalue weighted by Gasteiger charge is -2.10. The van der Waals surface area contributed by atoms with Crippen LogP contribution in [0.1, 0.15) is 34.8 Å². The molecule has 1 aromatic heterocycles. The van der Waals surface area contributed by atoms with Crippen LogP contribution in [0.2, 0.25) is 0 Å². The molecule has 0 amide bonds. The molecule has 1 unspecified atom stereocenters. The van der Waals surface area contributed by atoms with E-state index in [0.717, 1.165) is 11.1 Å². The molecular formula is C19H18N2O4. The molecule has 3 rings (SSSR count). The molecule has 1 heterocycles. The largest absolute Gasteiger partial charge is 0.449 e. The summed E-state index contributed by atoms with van der Waals surface area (Å²) < 4.78 is 16.1. The van der Waals surface area contributed by atoms with Crippen LogP contribution in [0.25, 0.3) is 11.5 Å². The van der Waals surface area contributed by atoms with Gasteiger partial charge in [-0.25, -0.2) is 4.79 Å². The van der Waals surface area contributed by atoms with Gasteiger partial charge in [-0.3, -0.25) is 0 Å². The molecule has 0 bridgehead atoms. The number of rotatable bonds is 6. The van der Waals surface area contributed by atoms with E-state index in [1.807, 2.05) is 36.4 Å². The number of nitrogens with zero attached hydrogens (tertiary/aromatic N) is 2. The van der Waals surface area contributed by atoms with Gasteiger partial charge in [-0.15, -0.1) is 10.2 Å². The summed E-state index contributed by atoms with van der Waals surface area (Å²) in [5.74, 6) is 0.186. The third-order valence-corrected chi connectivity index (χ3v) is 3.57. The van der Waals surface area contributed by atoms with E-state index in [4.69, 9.17) is 13.9 Å². The topological polar surface area (TPSA) is 74.5 Å². The van der Waals surface area contributed by atoms with Crippen molar-refractivity contribution in [2.24, 2.45) is 0 Å². The maximum Gasteiger partial charge on any atom is 0.338 e. The SMILES string of the molecule is COCc1cccc(C(=O)OC(C)c2nnc(-c3ccccc3)o2)c1. The Labute approximate surface area is 145 Å². The Hall–Kier alpha value is -2.99. The number of hydrogen-bond acceptors (Lipinski definition) is 6. The lowest BCUT2D eigenvalue weighted by molar-refractivity contribution is 0.0279. The molecule has 0 fully saturated rings. The van der Waals surface area contributed by atoms with Gasteiger partial charge in [-0.2, -0.15) is 0 Å². The van der Waals surface area contributed by atoms with Crippen LogP contribution in [0, 0.1) is 0 Å². The van der Waals surface area contributed by atoms with Crippen molar-refractivity contribution in [3.63, 3.8) is 0 Å². The minimum atomic E-state index is -0.649. The zero-order valence-electron chi connectivity index (χ0n) is 14.0. The molecule has 0 spiro atoms. The van der Waals surface area contributed by atoms with Crippen LogP contribution < -0.4 is 0 Å². The summed E-state index contributed by atoms with van der Waals surface area (Å²) in [4.78, 5) is 12.3. The van der Waals surface area contributed by atoms with Gasteiger partial charge in [0.05, 0.1) is 12.2 Å². The Kier molecular flexibility index (Phi) is 5.20. The van der Waals surface area contributed by atoms with Gasteiger partial charge in [0.1, 0.15) is 0 Å². The van der Waals surface area contributed by atoms with E-state index in [0.29, 0.717) is 18.1 Å². The highest BCUT2D eigenvalue weighted by molar-refractivity contribution is 5.89. The molecule has 6 heteroatoms. The summed E-state index contributed by atoms with van der Waals surface area (Å²) in [5, 5.41) is 7.97. The standard InChI is InChI=1S/C19H18N2O4/c1-13(17-20-21-18(25-17)15-8-4-3-5-9-15)24-19(22)16-10-6-7-14(11-16)12-23-2/h3-11,13H,12H2,1-2H3. The van der Waals surface area contributed by atoms with Gasteiger partial charge < -0.3 is 13.9 Å². The third-order valence-electron chi connectivity index (χ3n) is 3.57. The minimum absolute atomic E-state index is 0.250. The van der Waals surface area contributed by atoms with E-state index >= 15 is 0 Å². The Balaban J connectivity index is 1.70. The molecule has 0 radical (unpaired) electrons. The van der Waals surface area contributed by atoms with Crippen molar-refractivity contribution in [1.82, 2.24) is 10.2 Å². The predicted octanol–water partition coefficient (Wildman–Crippen LogP) is 3.80. The average molecular weight is 338 g/mol. The molecule has 2 aromatic carbocycles. The Morgan fingerprint density at radius 1 is 1.12 bits per heavy atom. The molecule has 3 aromatic rings. The van der Waals surface area contributed by atoms with Crippen molar-refractivity contribution in [2.75, 3.05) is 7.11 Å². The summed E-state index contributed by atoms with van der Waals surface area (Å²) in [6, 6.07) is 16.5. The number of carbonyl (C=O) groups is 1. The van der Waals surface area contributed by atoms with Crippen LogP contribution in [0.3, 0.4) is 0 Å². The number of carbonyl (C=O) groups excluding carboxylic acids is 1. The fourth-order valence-electron chi connectivity index (χ4n) is 2.33. The van der Waals surface area contributed by atoms with Crippen molar-refractivity contribution in [3.05, 3.63) is 71.6 Å². The molecule has 0 aliphatic carbocycles. The summed E-state index contributed by atoms with van der Waals surface area (Å²) in [7, 11) is 1.60. The Morgan fingerprint density at radius 3 is 2.68 bits per heavy atom. The fraction of sp³-hybridized carbons (Fsp3) is 0.211. The smallest absolute Gasteiger partial charge is 0.338 e. The Morgan fingerprint density at radius 2 is 1.92 bits per heavy atom. The molecule has 6 nitrogen and oxygen atoms in total. The number of methoxy groups -OCH3 is 1. The molecular weight excluding hydrogens is 320 g/mol. The molecule has 0 saturated heterocycles. The van der Waals surface area contributed by atoms with Gasteiger partial charge in [0.15, 0.2) is 6.10 Å². The van der Waals surface area contributed by atoms with E-state index in [1.54, 1.807) is 32.2 Å². The van der Waals surface area contributed by atoms with Crippen LogP contribution in [0.15, 0.2) is 59.0 Å². The van der Waals surface area contributed by atoms with Gasteiger partial charge in [-0.05, 0) is 36.8 Å². The summed E-state index contributed by atoms with van der Waals surface area (Å²) >= 11 is 0. The van der Waals surface area contributed by atoms with Gasteiger partial charge in [-0.1, -0.05) is 30.3 Å². The number of benzene rings is 2. The molecule has 0 N–H and O–H groups in total.